The van der Waals surface area contributed by atoms with Crippen LogP contribution < -0.4 is 20.9 Å². The van der Waals surface area contributed by atoms with E-state index in [0.717, 1.165) is 0 Å². The van der Waals surface area contributed by atoms with Gasteiger partial charge in [-0.1, -0.05) is 23.2 Å². The number of carboxylic acid groups (broad SMARTS) is 1. The molecule has 0 fully saturated rings. The lowest BCUT2D eigenvalue weighted by molar-refractivity contribution is -0.307. The number of hydrogen-bond acceptors (Lipinski definition) is 7. The van der Waals surface area contributed by atoms with Crippen LogP contribution in [0.15, 0.2) is 36.4 Å². The highest BCUT2D eigenvalue weighted by Gasteiger charge is 2.22. The van der Waals surface area contributed by atoms with Gasteiger partial charge in [0.15, 0.2) is 0 Å². The van der Waals surface area contributed by atoms with E-state index in [4.69, 9.17) is 44.2 Å². The lowest BCUT2D eigenvalue weighted by Gasteiger charge is -2.25. The van der Waals surface area contributed by atoms with E-state index in [1.165, 1.54) is 12.1 Å². The van der Waals surface area contributed by atoms with Crippen molar-refractivity contribution >= 4 is 53.1 Å². The standard InChI is InChI=1S/C18H19Cl2N3O5.ClH/c19-10-5-13(16(14(20)6-10)28-8-12(25)7-24)15(18(26)27)23-11-3-1-9(2-4-11)17(21)22;/h1-6,12,15,23-25H,7-8H2,(H3,21,22)(H,26,27);1H/p-1. The molecule has 0 amide bonds. The number of amidine groups is 1. The molecule has 0 aromatic heterocycles. The summed E-state index contributed by atoms with van der Waals surface area (Å²) in [5.41, 5.74) is 6.37. The highest BCUT2D eigenvalue weighted by Crippen LogP contribution is 2.37. The minimum absolute atomic E-state index is 0. The molecular formula is C18H19Cl3N3O5-. The molecule has 2 aromatic rings. The minimum Gasteiger partial charge on any atom is -0.548 e. The average molecular weight is 464 g/mol. The summed E-state index contributed by atoms with van der Waals surface area (Å²) in [5.74, 6) is -1.61. The fourth-order valence-electron chi connectivity index (χ4n) is 2.36. The molecule has 6 N–H and O–H groups in total. The van der Waals surface area contributed by atoms with E-state index in [2.05, 4.69) is 5.32 Å². The summed E-state index contributed by atoms with van der Waals surface area (Å²) in [6, 6.07) is 7.53. The van der Waals surface area contributed by atoms with Crippen LogP contribution in [0.5, 0.6) is 5.75 Å². The number of nitrogens with two attached hydrogens (primary N) is 1. The highest BCUT2D eigenvalue weighted by atomic mass is 35.5. The first kappa shape index (κ1) is 24.8. The van der Waals surface area contributed by atoms with E-state index in [1.807, 2.05) is 0 Å². The van der Waals surface area contributed by atoms with E-state index in [0.29, 0.717) is 11.3 Å². The molecule has 0 saturated heterocycles. The summed E-state index contributed by atoms with van der Waals surface area (Å²) in [7, 11) is 0. The molecule has 0 aliphatic rings. The van der Waals surface area contributed by atoms with E-state index >= 15 is 0 Å². The van der Waals surface area contributed by atoms with Crippen molar-refractivity contribution in [2.75, 3.05) is 18.5 Å². The lowest BCUT2D eigenvalue weighted by Crippen LogP contribution is -2.35. The van der Waals surface area contributed by atoms with Crippen LogP contribution >= 0.6 is 35.6 Å². The maximum atomic E-state index is 11.8. The molecule has 0 radical (unpaired) electrons. The Morgan fingerprint density at radius 1 is 1.28 bits per heavy atom. The van der Waals surface area contributed by atoms with Crippen LogP contribution in [0.4, 0.5) is 5.69 Å². The number of nitrogens with one attached hydrogen (secondary N) is 2. The first-order valence-corrected chi connectivity index (χ1v) is 8.81. The van der Waals surface area contributed by atoms with Gasteiger partial charge in [-0.05, 0) is 36.4 Å². The Hall–Kier alpha value is -2.23. The summed E-state index contributed by atoms with van der Waals surface area (Å²) in [4.78, 5) is 11.8. The first-order chi connectivity index (χ1) is 13.2. The van der Waals surface area contributed by atoms with Gasteiger partial charge in [-0.15, -0.1) is 12.4 Å². The molecule has 29 heavy (non-hydrogen) atoms. The molecule has 11 heteroatoms. The number of aliphatic hydroxyl groups excluding tert-OH is 2. The maximum absolute atomic E-state index is 11.8. The largest absolute Gasteiger partial charge is 0.548 e. The molecule has 2 aromatic carbocycles. The molecule has 0 aliphatic carbocycles. The van der Waals surface area contributed by atoms with Crippen molar-refractivity contribution < 1.29 is 24.9 Å². The monoisotopic (exact) mass is 462 g/mol. The van der Waals surface area contributed by atoms with Crippen molar-refractivity contribution in [3.63, 3.8) is 0 Å². The first-order valence-electron chi connectivity index (χ1n) is 8.05. The molecule has 0 heterocycles. The number of rotatable bonds is 9. The third-order valence-electron chi connectivity index (χ3n) is 3.72. The molecule has 0 aliphatic heterocycles. The van der Waals surface area contributed by atoms with Gasteiger partial charge in [-0.2, -0.15) is 0 Å². The van der Waals surface area contributed by atoms with Crippen molar-refractivity contribution in [2.45, 2.75) is 12.1 Å². The number of benzene rings is 2. The third-order valence-corrected chi connectivity index (χ3v) is 4.22. The summed E-state index contributed by atoms with van der Waals surface area (Å²) in [5, 5.41) is 40.6. The molecule has 0 spiro atoms. The van der Waals surface area contributed by atoms with E-state index in [1.54, 1.807) is 24.3 Å². The molecule has 2 rings (SSSR count). The van der Waals surface area contributed by atoms with Crippen molar-refractivity contribution in [1.82, 2.24) is 0 Å². The second-order valence-electron chi connectivity index (χ2n) is 5.84. The zero-order valence-corrected chi connectivity index (χ0v) is 17.2. The Bertz CT molecular complexity index is 865. The van der Waals surface area contributed by atoms with Crippen LogP contribution in [-0.2, 0) is 4.79 Å². The van der Waals surface area contributed by atoms with E-state index < -0.39 is 24.7 Å². The molecule has 2 unspecified atom stereocenters. The Balaban J connectivity index is 0.00000420. The molecule has 0 bridgehead atoms. The van der Waals surface area contributed by atoms with E-state index in [9.17, 15) is 15.0 Å². The summed E-state index contributed by atoms with van der Waals surface area (Å²) < 4.78 is 5.42. The number of anilines is 1. The van der Waals surface area contributed by atoms with Gasteiger partial charge in [0.2, 0.25) is 0 Å². The lowest BCUT2D eigenvalue weighted by atomic mass is 10.0. The van der Waals surface area contributed by atoms with Gasteiger partial charge in [0.1, 0.15) is 24.3 Å². The van der Waals surface area contributed by atoms with Crippen molar-refractivity contribution in [3.05, 3.63) is 57.6 Å². The summed E-state index contributed by atoms with van der Waals surface area (Å²) in [6.45, 7) is -0.844. The van der Waals surface area contributed by atoms with Crippen LogP contribution in [0.2, 0.25) is 10.0 Å². The van der Waals surface area contributed by atoms with Crippen LogP contribution in [-0.4, -0.2) is 41.3 Å². The van der Waals surface area contributed by atoms with Gasteiger partial charge in [0.05, 0.1) is 23.6 Å². The third kappa shape index (κ3) is 6.66. The van der Waals surface area contributed by atoms with Crippen LogP contribution in [0.1, 0.15) is 17.2 Å². The van der Waals surface area contributed by atoms with Crippen LogP contribution in [0.3, 0.4) is 0 Å². The normalized spacial score (nSPS) is 12.4. The second kappa shape index (κ2) is 11.1. The van der Waals surface area contributed by atoms with Gasteiger partial charge in [-0.25, -0.2) is 0 Å². The molecule has 8 nitrogen and oxygen atoms in total. The number of hydrogen-bond donors (Lipinski definition) is 5. The molecule has 2 atom stereocenters. The van der Waals surface area contributed by atoms with Gasteiger partial charge >= 0.3 is 0 Å². The fraction of sp³-hybridized carbons (Fsp3) is 0.222. The Kier molecular flexibility index (Phi) is 9.48. The molecule has 0 saturated carbocycles. The number of aliphatic carboxylic acids is 1. The maximum Gasteiger partial charge on any atom is 0.143 e. The van der Waals surface area contributed by atoms with Crippen molar-refractivity contribution in [3.8, 4) is 5.75 Å². The predicted molar refractivity (Wildman–Crippen MR) is 111 cm³/mol. The van der Waals surface area contributed by atoms with E-state index in [-0.39, 0.29) is 46.2 Å². The summed E-state index contributed by atoms with van der Waals surface area (Å²) >= 11 is 12.1. The number of halogens is 3. The Morgan fingerprint density at radius 3 is 2.41 bits per heavy atom. The topological polar surface area (TPSA) is 152 Å². The number of carbonyl (C=O) groups is 1. The zero-order chi connectivity index (χ0) is 20.8. The number of ether oxygens (including phenoxy) is 1. The van der Waals surface area contributed by atoms with Gasteiger partial charge in [-0.3, -0.25) is 5.41 Å². The van der Waals surface area contributed by atoms with Crippen LogP contribution in [0, 0.1) is 5.41 Å². The quantitative estimate of drug-likeness (QED) is 0.278. The highest BCUT2D eigenvalue weighted by molar-refractivity contribution is 6.35. The fourth-order valence-corrected chi connectivity index (χ4v) is 2.92. The average Bonchev–Trinajstić information content (AvgIpc) is 2.64. The second-order valence-corrected chi connectivity index (χ2v) is 6.68. The Labute approximate surface area is 183 Å². The zero-order valence-electron chi connectivity index (χ0n) is 14.9. The van der Waals surface area contributed by atoms with Gasteiger partial charge in [0.25, 0.3) is 0 Å². The summed E-state index contributed by atoms with van der Waals surface area (Å²) in [6.07, 6.45) is -1.17. The SMILES string of the molecule is Cl.N=C(N)c1ccc(NC(C(=O)[O-])c2cc(Cl)cc(Cl)c2OCC(O)CO)cc1. The van der Waals surface area contributed by atoms with Gasteiger partial charge in [0, 0.05) is 21.8 Å². The smallest absolute Gasteiger partial charge is 0.143 e. The van der Waals surface area contributed by atoms with Gasteiger partial charge < -0.3 is 35.9 Å². The molecule has 158 valence electrons. The van der Waals surface area contributed by atoms with Crippen molar-refractivity contribution in [1.29, 1.82) is 5.41 Å². The molecular weight excluding hydrogens is 445 g/mol. The predicted octanol–water partition coefficient (Wildman–Crippen LogP) is 1.33. The van der Waals surface area contributed by atoms with Crippen LogP contribution in [0.25, 0.3) is 0 Å². The van der Waals surface area contributed by atoms with Crippen molar-refractivity contribution in [2.24, 2.45) is 5.73 Å². The minimum atomic E-state index is -1.47. The number of carboxylic acids is 1. The Morgan fingerprint density at radius 2 is 1.90 bits per heavy atom. The number of aliphatic hydroxyl groups is 2. The number of nitrogen functional groups attached to an aromatic ring is 1. The number of carbonyl (C=O) groups excluding carboxylic acids is 1.